The van der Waals surface area contributed by atoms with Crippen molar-refractivity contribution < 1.29 is 9.53 Å². The first kappa shape index (κ1) is 9.94. The molecule has 0 rings (SSSR count). The van der Waals surface area contributed by atoms with Crippen LogP contribution >= 0.6 is 22.6 Å². The Bertz CT molecular complexity index is 141. The molecule has 0 aliphatic heterocycles. The van der Waals surface area contributed by atoms with Crippen LogP contribution in [-0.4, -0.2) is 12.6 Å². The summed E-state index contributed by atoms with van der Waals surface area (Å²) >= 11 is 2.12. The Morgan fingerprint density at radius 1 is 1.60 bits per heavy atom. The standard InChI is InChI=1S/C7H11IO2/c1-3-6(8)5-7(9)10-4-2/h5H,3-4H2,1-2H3/b6-5-. The lowest BCUT2D eigenvalue weighted by Crippen LogP contribution is -1.99. The normalized spacial score (nSPS) is 11.3. The van der Waals surface area contributed by atoms with Crippen LogP contribution in [0.2, 0.25) is 0 Å². The summed E-state index contributed by atoms with van der Waals surface area (Å²) in [5.74, 6) is -0.242. The highest BCUT2D eigenvalue weighted by molar-refractivity contribution is 14.1. The van der Waals surface area contributed by atoms with Gasteiger partial charge in [0, 0.05) is 6.08 Å². The van der Waals surface area contributed by atoms with E-state index < -0.39 is 0 Å². The van der Waals surface area contributed by atoms with Crippen LogP contribution in [0, 0.1) is 0 Å². The summed E-state index contributed by atoms with van der Waals surface area (Å²) in [7, 11) is 0. The molecule has 0 saturated heterocycles. The van der Waals surface area contributed by atoms with Crippen molar-refractivity contribution in [3.8, 4) is 0 Å². The van der Waals surface area contributed by atoms with Gasteiger partial charge in [0.05, 0.1) is 6.61 Å². The van der Waals surface area contributed by atoms with Crippen LogP contribution in [-0.2, 0) is 9.53 Å². The molecule has 0 amide bonds. The molecule has 58 valence electrons. The second kappa shape index (κ2) is 5.70. The van der Waals surface area contributed by atoms with E-state index >= 15 is 0 Å². The van der Waals surface area contributed by atoms with Crippen LogP contribution in [0.1, 0.15) is 20.3 Å². The van der Waals surface area contributed by atoms with Crippen molar-refractivity contribution in [2.24, 2.45) is 0 Å². The third kappa shape index (κ3) is 4.78. The van der Waals surface area contributed by atoms with Crippen LogP contribution in [0.3, 0.4) is 0 Å². The average Bonchev–Trinajstić information content (AvgIpc) is 1.88. The van der Waals surface area contributed by atoms with Crippen molar-refractivity contribution in [3.05, 3.63) is 9.66 Å². The maximum absolute atomic E-state index is 10.7. The zero-order valence-electron chi connectivity index (χ0n) is 6.19. The van der Waals surface area contributed by atoms with E-state index in [1.165, 1.54) is 6.08 Å². The zero-order chi connectivity index (χ0) is 7.98. The van der Waals surface area contributed by atoms with Crippen molar-refractivity contribution in [2.45, 2.75) is 20.3 Å². The van der Waals surface area contributed by atoms with E-state index in [2.05, 4.69) is 22.6 Å². The molecule has 0 atom stereocenters. The Morgan fingerprint density at radius 3 is 2.60 bits per heavy atom. The molecule has 0 heterocycles. The van der Waals surface area contributed by atoms with E-state index in [4.69, 9.17) is 4.74 Å². The van der Waals surface area contributed by atoms with Gasteiger partial charge in [-0.05, 0) is 39.5 Å². The first-order valence-corrected chi connectivity index (χ1v) is 4.31. The Morgan fingerprint density at radius 2 is 2.20 bits per heavy atom. The molecule has 0 aromatic carbocycles. The molecular formula is C7H11IO2. The van der Waals surface area contributed by atoms with E-state index in [1.54, 1.807) is 6.92 Å². The molecule has 2 nitrogen and oxygen atoms in total. The number of rotatable bonds is 3. The summed E-state index contributed by atoms with van der Waals surface area (Å²) in [4.78, 5) is 10.7. The maximum Gasteiger partial charge on any atom is 0.331 e. The largest absolute Gasteiger partial charge is 0.463 e. The van der Waals surface area contributed by atoms with Crippen LogP contribution < -0.4 is 0 Å². The smallest absolute Gasteiger partial charge is 0.331 e. The Labute approximate surface area is 74.8 Å². The average molecular weight is 254 g/mol. The molecule has 3 heteroatoms. The highest BCUT2D eigenvalue weighted by atomic mass is 127. The van der Waals surface area contributed by atoms with Gasteiger partial charge in [0.2, 0.25) is 0 Å². The summed E-state index contributed by atoms with van der Waals surface area (Å²) in [6.45, 7) is 4.24. The second-order valence-corrected chi connectivity index (χ2v) is 3.08. The molecule has 0 unspecified atom stereocenters. The molecule has 0 fully saturated rings. The minimum absolute atomic E-state index is 0.242. The number of hydrogen-bond acceptors (Lipinski definition) is 2. The van der Waals surface area contributed by atoms with Gasteiger partial charge in [0.25, 0.3) is 0 Å². The highest BCUT2D eigenvalue weighted by Crippen LogP contribution is 2.09. The highest BCUT2D eigenvalue weighted by Gasteiger charge is 1.95. The molecule has 0 N–H and O–H groups in total. The van der Waals surface area contributed by atoms with Crippen LogP contribution in [0.4, 0.5) is 0 Å². The number of allylic oxidation sites excluding steroid dienone is 1. The second-order valence-electron chi connectivity index (χ2n) is 1.70. The van der Waals surface area contributed by atoms with E-state index in [9.17, 15) is 4.79 Å². The predicted molar refractivity (Wildman–Crippen MR) is 49.0 cm³/mol. The Balaban J connectivity index is 3.75. The summed E-state index contributed by atoms with van der Waals surface area (Å²) in [5, 5.41) is 0. The lowest BCUT2D eigenvalue weighted by molar-refractivity contribution is -0.137. The lowest BCUT2D eigenvalue weighted by Gasteiger charge is -1.95. The van der Waals surface area contributed by atoms with E-state index in [0.29, 0.717) is 6.61 Å². The molecule has 0 spiro atoms. The topological polar surface area (TPSA) is 26.3 Å². The number of halogens is 1. The molecule has 0 aliphatic carbocycles. The Kier molecular flexibility index (Phi) is 5.67. The molecule has 0 bridgehead atoms. The van der Waals surface area contributed by atoms with Gasteiger partial charge in [-0.3, -0.25) is 0 Å². The summed E-state index contributed by atoms with van der Waals surface area (Å²) < 4.78 is 5.72. The third-order valence-corrected chi connectivity index (χ3v) is 1.97. The minimum Gasteiger partial charge on any atom is -0.463 e. The number of esters is 1. The Hall–Kier alpha value is -0.0600. The predicted octanol–water partition coefficient (Wildman–Crippen LogP) is 2.28. The summed E-state index contributed by atoms with van der Waals surface area (Å²) in [6, 6.07) is 0. The number of hydrogen-bond donors (Lipinski definition) is 0. The van der Waals surface area contributed by atoms with Gasteiger partial charge < -0.3 is 4.74 Å². The van der Waals surface area contributed by atoms with Gasteiger partial charge in [-0.15, -0.1) is 0 Å². The first-order chi connectivity index (χ1) is 4.70. The summed E-state index contributed by atoms with van der Waals surface area (Å²) in [5.41, 5.74) is 0. The SMILES string of the molecule is CCOC(=O)/C=C(\I)CC. The molecule has 0 aromatic rings. The molecule has 0 aliphatic rings. The van der Waals surface area contributed by atoms with E-state index in [0.717, 1.165) is 10.0 Å². The van der Waals surface area contributed by atoms with Crippen molar-refractivity contribution in [3.63, 3.8) is 0 Å². The summed E-state index contributed by atoms with van der Waals surface area (Å²) in [6.07, 6.45) is 2.41. The minimum atomic E-state index is -0.242. The fraction of sp³-hybridized carbons (Fsp3) is 0.571. The van der Waals surface area contributed by atoms with Gasteiger partial charge in [-0.25, -0.2) is 4.79 Å². The number of ether oxygens (including phenoxy) is 1. The van der Waals surface area contributed by atoms with Crippen molar-refractivity contribution in [2.75, 3.05) is 6.61 Å². The van der Waals surface area contributed by atoms with Gasteiger partial charge in [-0.1, -0.05) is 6.92 Å². The van der Waals surface area contributed by atoms with Crippen LogP contribution in [0.5, 0.6) is 0 Å². The molecule has 10 heavy (non-hydrogen) atoms. The van der Waals surface area contributed by atoms with Crippen molar-refractivity contribution >= 4 is 28.6 Å². The quantitative estimate of drug-likeness (QED) is 0.438. The van der Waals surface area contributed by atoms with Crippen molar-refractivity contribution in [1.82, 2.24) is 0 Å². The van der Waals surface area contributed by atoms with E-state index in [-0.39, 0.29) is 5.97 Å². The van der Waals surface area contributed by atoms with Crippen LogP contribution in [0.15, 0.2) is 9.66 Å². The first-order valence-electron chi connectivity index (χ1n) is 3.23. The molecule has 0 radical (unpaired) electrons. The lowest BCUT2D eigenvalue weighted by atomic mass is 10.4. The zero-order valence-corrected chi connectivity index (χ0v) is 8.34. The molecule has 0 aromatic heterocycles. The number of carbonyl (C=O) groups excluding carboxylic acids is 1. The van der Waals surface area contributed by atoms with Gasteiger partial charge in [-0.2, -0.15) is 0 Å². The van der Waals surface area contributed by atoms with Crippen LogP contribution in [0.25, 0.3) is 0 Å². The van der Waals surface area contributed by atoms with Gasteiger partial charge in [0.15, 0.2) is 0 Å². The monoisotopic (exact) mass is 254 g/mol. The molecule has 0 saturated carbocycles. The number of carbonyl (C=O) groups is 1. The van der Waals surface area contributed by atoms with Crippen molar-refractivity contribution in [1.29, 1.82) is 0 Å². The maximum atomic E-state index is 10.7. The van der Waals surface area contributed by atoms with Gasteiger partial charge in [0.1, 0.15) is 0 Å². The fourth-order valence-corrected chi connectivity index (χ4v) is 0.668. The fourth-order valence-electron chi connectivity index (χ4n) is 0.414. The molecular weight excluding hydrogens is 243 g/mol. The third-order valence-electron chi connectivity index (χ3n) is 0.899. The van der Waals surface area contributed by atoms with Gasteiger partial charge >= 0.3 is 5.97 Å². The van der Waals surface area contributed by atoms with E-state index in [1.807, 2.05) is 6.92 Å².